The fourth-order valence-corrected chi connectivity index (χ4v) is 4.45. The zero-order chi connectivity index (χ0) is 20.8. The van der Waals surface area contributed by atoms with Crippen molar-refractivity contribution < 1.29 is 9.59 Å². The van der Waals surface area contributed by atoms with Crippen LogP contribution in [0.2, 0.25) is 5.02 Å². The topological polar surface area (TPSA) is 64.7 Å². The van der Waals surface area contributed by atoms with Gasteiger partial charge in [0.15, 0.2) is 0 Å². The molecule has 2 aliphatic rings. The van der Waals surface area contributed by atoms with Crippen LogP contribution in [0.5, 0.6) is 0 Å². The number of carbonyl (C=O) groups excluding carboxylic acids is 2. The van der Waals surface area contributed by atoms with E-state index in [2.05, 4.69) is 27.4 Å². The van der Waals surface area contributed by atoms with Crippen LogP contribution in [0.1, 0.15) is 39.5 Å². The smallest absolute Gasteiger partial charge is 0.238 e. The van der Waals surface area contributed by atoms with E-state index >= 15 is 0 Å². The van der Waals surface area contributed by atoms with Gasteiger partial charge in [-0.3, -0.25) is 19.4 Å². The summed E-state index contributed by atoms with van der Waals surface area (Å²) >= 11 is 6.10. The first-order valence-corrected chi connectivity index (χ1v) is 11.1. The average Bonchev–Trinajstić information content (AvgIpc) is 2.71. The SMILES string of the molecule is CC1CCCCC1NC(=O)C(C)N1CCN(CC(=O)Nc2ccccc2Cl)CC1. The second kappa shape index (κ2) is 10.4. The minimum Gasteiger partial charge on any atom is -0.352 e. The monoisotopic (exact) mass is 420 g/mol. The Balaban J connectivity index is 1.41. The van der Waals surface area contributed by atoms with Crippen LogP contribution in [-0.2, 0) is 9.59 Å². The highest BCUT2D eigenvalue weighted by Gasteiger charge is 2.29. The van der Waals surface area contributed by atoms with Crippen molar-refractivity contribution in [2.75, 3.05) is 38.0 Å². The Labute approximate surface area is 179 Å². The Kier molecular flexibility index (Phi) is 7.92. The Bertz CT molecular complexity index is 706. The normalized spacial score (nSPS) is 24.7. The summed E-state index contributed by atoms with van der Waals surface area (Å²) in [5.74, 6) is 0.630. The highest BCUT2D eigenvalue weighted by Crippen LogP contribution is 2.24. The molecule has 6 nitrogen and oxygen atoms in total. The molecule has 160 valence electrons. The van der Waals surface area contributed by atoms with Crippen molar-refractivity contribution >= 4 is 29.1 Å². The molecule has 3 rings (SSSR count). The predicted octanol–water partition coefficient (Wildman–Crippen LogP) is 2.98. The number of halogens is 1. The minimum absolute atomic E-state index is 0.0661. The second-order valence-corrected chi connectivity index (χ2v) is 8.80. The number of anilines is 1. The molecule has 7 heteroatoms. The maximum atomic E-state index is 12.7. The van der Waals surface area contributed by atoms with Crippen molar-refractivity contribution in [2.24, 2.45) is 5.92 Å². The summed E-state index contributed by atoms with van der Waals surface area (Å²) in [4.78, 5) is 29.4. The van der Waals surface area contributed by atoms with Gasteiger partial charge in [0.2, 0.25) is 11.8 Å². The lowest BCUT2D eigenvalue weighted by Gasteiger charge is -2.38. The Morgan fingerprint density at radius 2 is 1.83 bits per heavy atom. The van der Waals surface area contributed by atoms with Crippen molar-refractivity contribution in [1.29, 1.82) is 0 Å². The first-order valence-electron chi connectivity index (χ1n) is 10.7. The third-order valence-electron chi connectivity index (χ3n) is 6.29. The lowest BCUT2D eigenvalue weighted by Crippen LogP contribution is -2.56. The van der Waals surface area contributed by atoms with Crippen LogP contribution >= 0.6 is 11.6 Å². The minimum atomic E-state index is -0.136. The van der Waals surface area contributed by atoms with Crippen LogP contribution in [0.25, 0.3) is 0 Å². The summed E-state index contributed by atoms with van der Waals surface area (Å²) in [5.41, 5.74) is 0.639. The molecule has 29 heavy (non-hydrogen) atoms. The Morgan fingerprint density at radius 3 is 2.52 bits per heavy atom. The molecular weight excluding hydrogens is 388 g/mol. The molecule has 0 radical (unpaired) electrons. The van der Waals surface area contributed by atoms with Gasteiger partial charge in [0, 0.05) is 32.2 Å². The van der Waals surface area contributed by atoms with E-state index in [4.69, 9.17) is 11.6 Å². The molecule has 1 aliphatic heterocycles. The number of nitrogens with one attached hydrogen (secondary N) is 2. The predicted molar refractivity (Wildman–Crippen MR) is 117 cm³/mol. The maximum Gasteiger partial charge on any atom is 0.238 e. The van der Waals surface area contributed by atoms with E-state index in [-0.39, 0.29) is 17.9 Å². The van der Waals surface area contributed by atoms with Gasteiger partial charge in [-0.2, -0.15) is 0 Å². The summed E-state index contributed by atoms with van der Waals surface area (Å²) in [5, 5.41) is 6.68. The molecular formula is C22H33ClN4O2. The number of rotatable bonds is 6. The molecule has 2 N–H and O–H groups in total. The number of nitrogens with zero attached hydrogens (tertiary/aromatic N) is 2. The molecule has 1 saturated carbocycles. The summed E-state index contributed by atoms with van der Waals surface area (Å²) < 4.78 is 0. The first kappa shape index (κ1) is 22.1. The van der Waals surface area contributed by atoms with E-state index in [0.717, 1.165) is 32.6 Å². The third kappa shape index (κ3) is 6.17. The second-order valence-electron chi connectivity index (χ2n) is 8.39. The standard InChI is InChI=1S/C22H33ClN4O2/c1-16-7-3-5-9-19(16)25-22(29)17(2)27-13-11-26(12-14-27)15-21(28)24-20-10-6-4-8-18(20)23/h4,6,8,10,16-17,19H,3,5,7,9,11-15H2,1-2H3,(H,24,28)(H,25,29). The average molecular weight is 421 g/mol. The molecule has 3 atom stereocenters. The van der Waals surface area contributed by atoms with E-state index in [1.54, 1.807) is 12.1 Å². The van der Waals surface area contributed by atoms with Gasteiger partial charge in [-0.1, -0.05) is 43.5 Å². The molecule has 1 aromatic rings. The zero-order valence-corrected chi connectivity index (χ0v) is 18.3. The van der Waals surface area contributed by atoms with Gasteiger partial charge in [-0.25, -0.2) is 0 Å². The molecule has 2 fully saturated rings. The highest BCUT2D eigenvalue weighted by molar-refractivity contribution is 6.33. The molecule has 1 aromatic carbocycles. The van der Waals surface area contributed by atoms with Gasteiger partial charge in [-0.15, -0.1) is 0 Å². The number of carbonyl (C=O) groups is 2. The molecule has 1 saturated heterocycles. The molecule has 3 unspecified atom stereocenters. The molecule has 1 aliphatic carbocycles. The van der Waals surface area contributed by atoms with Gasteiger partial charge in [0.05, 0.1) is 23.3 Å². The lowest BCUT2D eigenvalue weighted by molar-refractivity contribution is -0.128. The summed E-state index contributed by atoms with van der Waals surface area (Å²) in [6, 6.07) is 7.42. The van der Waals surface area contributed by atoms with E-state index in [0.29, 0.717) is 29.2 Å². The number of benzene rings is 1. The van der Waals surface area contributed by atoms with Crippen LogP contribution in [0.3, 0.4) is 0 Å². The maximum absolute atomic E-state index is 12.7. The summed E-state index contributed by atoms with van der Waals surface area (Å²) in [6.45, 7) is 7.67. The lowest BCUT2D eigenvalue weighted by atomic mass is 9.86. The number of hydrogen-bond acceptors (Lipinski definition) is 4. The Morgan fingerprint density at radius 1 is 1.14 bits per heavy atom. The van der Waals surface area contributed by atoms with Crippen LogP contribution < -0.4 is 10.6 Å². The number of piperazine rings is 1. The van der Waals surface area contributed by atoms with Gasteiger partial charge >= 0.3 is 0 Å². The first-order chi connectivity index (χ1) is 13.9. The fourth-order valence-electron chi connectivity index (χ4n) is 4.26. The Hall–Kier alpha value is -1.63. The fraction of sp³-hybridized carbons (Fsp3) is 0.636. The van der Waals surface area contributed by atoms with E-state index in [9.17, 15) is 9.59 Å². The third-order valence-corrected chi connectivity index (χ3v) is 6.62. The van der Waals surface area contributed by atoms with Crippen molar-refractivity contribution in [3.8, 4) is 0 Å². The van der Waals surface area contributed by atoms with Crippen molar-refractivity contribution in [2.45, 2.75) is 51.6 Å². The number of hydrogen-bond donors (Lipinski definition) is 2. The highest BCUT2D eigenvalue weighted by atomic mass is 35.5. The number of para-hydroxylation sites is 1. The van der Waals surface area contributed by atoms with Gasteiger partial charge in [-0.05, 0) is 37.8 Å². The summed E-state index contributed by atoms with van der Waals surface area (Å²) in [7, 11) is 0. The van der Waals surface area contributed by atoms with E-state index in [1.165, 1.54) is 19.3 Å². The van der Waals surface area contributed by atoms with Crippen LogP contribution in [-0.4, -0.2) is 66.4 Å². The molecule has 2 amide bonds. The van der Waals surface area contributed by atoms with Crippen molar-refractivity contribution in [3.05, 3.63) is 29.3 Å². The van der Waals surface area contributed by atoms with E-state index < -0.39 is 0 Å². The van der Waals surface area contributed by atoms with Gasteiger partial charge < -0.3 is 10.6 Å². The van der Waals surface area contributed by atoms with Gasteiger partial charge in [0.1, 0.15) is 0 Å². The number of amides is 2. The zero-order valence-electron chi connectivity index (χ0n) is 17.5. The molecule has 1 heterocycles. The quantitative estimate of drug-likeness (QED) is 0.742. The molecule has 0 bridgehead atoms. The van der Waals surface area contributed by atoms with Crippen LogP contribution in [0.15, 0.2) is 24.3 Å². The summed E-state index contributed by atoms with van der Waals surface area (Å²) in [6.07, 6.45) is 4.77. The van der Waals surface area contributed by atoms with E-state index in [1.807, 2.05) is 19.1 Å². The molecule has 0 spiro atoms. The largest absolute Gasteiger partial charge is 0.352 e. The van der Waals surface area contributed by atoms with Crippen molar-refractivity contribution in [1.82, 2.24) is 15.1 Å². The van der Waals surface area contributed by atoms with Gasteiger partial charge in [0.25, 0.3) is 0 Å². The van der Waals surface area contributed by atoms with Crippen LogP contribution in [0.4, 0.5) is 5.69 Å². The van der Waals surface area contributed by atoms with Crippen molar-refractivity contribution in [3.63, 3.8) is 0 Å². The van der Waals surface area contributed by atoms with Crippen LogP contribution in [0, 0.1) is 5.92 Å². The molecule has 0 aromatic heterocycles.